The molecule has 0 saturated carbocycles. The Bertz CT molecular complexity index is 1920. The monoisotopic (exact) mass is 946 g/mol. The number of esters is 5. The number of hydrogen-bond donors (Lipinski definition) is 4. The Labute approximate surface area is 394 Å². The Hall–Kier alpha value is -4.23. The second-order valence-corrected chi connectivity index (χ2v) is 20.3. The van der Waals surface area contributed by atoms with Crippen LogP contribution in [0.4, 0.5) is 0 Å². The lowest BCUT2D eigenvalue weighted by molar-refractivity contribution is -0.349. The van der Waals surface area contributed by atoms with E-state index in [2.05, 4.69) is 0 Å². The van der Waals surface area contributed by atoms with Crippen LogP contribution in [0.3, 0.4) is 0 Å². The fourth-order valence-corrected chi connectivity index (χ4v) is 8.68. The van der Waals surface area contributed by atoms with Gasteiger partial charge in [0.05, 0.1) is 68.1 Å². The molecule has 0 unspecified atom stereocenters. The van der Waals surface area contributed by atoms with Crippen molar-refractivity contribution in [2.24, 2.45) is 16.2 Å². The number of aliphatic hydroxyl groups excluding tert-OH is 2. The van der Waals surface area contributed by atoms with Gasteiger partial charge < -0.3 is 58.3 Å². The molecule has 4 N–H and O–H groups in total. The summed E-state index contributed by atoms with van der Waals surface area (Å²) in [7, 11) is 2.41. The fourth-order valence-electron chi connectivity index (χ4n) is 8.68. The Morgan fingerprint density at radius 3 is 2.16 bits per heavy atom. The lowest BCUT2D eigenvalue weighted by atomic mass is 9.70. The Morgan fingerprint density at radius 1 is 0.866 bits per heavy atom. The zero-order valence-corrected chi connectivity index (χ0v) is 41.0. The molecule has 11 atom stereocenters. The number of rotatable bonds is 9. The van der Waals surface area contributed by atoms with E-state index in [4.69, 9.17) is 37.9 Å². The summed E-state index contributed by atoms with van der Waals surface area (Å²) in [5.41, 5.74) is -3.00. The first-order chi connectivity index (χ1) is 31.2. The average molecular weight is 947 g/mol. The molecule has 0 aromatic carbocycles. The summed E-state index contributed by atoms with van der Waals surface area (Å²) < 4.78 is 47.3. The number of carbonyl (C=O) groups is 5. The van der Waals surface area contributed by atoms with Gasteiger partial charge in [0.2, 0.25) is 5.79 Å². The Kier molecular flexibility index (Phi) is 18.9. The molecule has 0 spiro atoms. The maximum Gasteiger partial charge on any atom is 0.331 e. The molecule has 0 radical (unpaired) electrons. The minimum Gasteiger partial charge on any atom is -0.466 e. The third-order valence-electron chi connectivity index (χ3n) is 12.9. The molecule has 3 fully saturated rings. The van der Waals surface area contributed by atoms with E-state index >= 15 is 0 Å². The molecule has 4 aliphatic heterocycles. The van der Waals surface area contributed by atoms with E-state index in [1.54, 1.807) is 66.7 Å². The van der Waals surface area contributed by atoms with Crippen molar-refractivity contribution >= 4 is 29.8 Å². The van der Waals surface area contributed by atoms with Crippen LogP contribution in [-0.2, 0) is 61.9 Å². The van der Waals surface area contributed by atoms with Gasteiger partial charge in [-0.3, -0.25) is 9.59 Å². The van der Waals surface area contributed by atoms with Crippen LogP contribution in [0.1, 0.15) is 127 Å². The Morgan fingerprint density at radius 2 is 1.54 bits per heavy atom. The first-order valence-corrected chi connectivity index (χ1v) is 23.2. The minimum absolute atomic E-state index is 0.0605. The van der Waals surface area contributed by atoms with Crippen molar-refractivity contribution in [1.29, 1.82) is 0 Å². The normalized spacial score (nSPS) is 35.0. The standard InChI is InChI=1S/C50H74O17/c1-12-13-14-15-16-17-40(53)65-44-32(24-42(55)61-11)23-35-27-38(30(2)51)63-43(56)26-33(52)25-36-28-39(64-45(57)46(3,4)5)48(8,9)49(58,66-36)29-37-21-31(22-41(54)60-10)20-34(62-37)18-19-47(6,7)50(44,59)67-35/h14-19,22,24,30,33-39,44,51-52,58-59H,12-13,20-21,23,25-29H2,1-11H3/b15-14+,17-16+,19-18+,31-22+,32-24+/t30-,33-,34+,35+,36-,37+,38-,39+,44+,49+,50-/m1/s1. The van der Waals surface area contributed by atoms with Crippen molar-refractivity contribution in [3.63, 3.8) is 0 Å². The number of methoxy groups -OCH3 is 2. The molecule has 3 saturated heterocycles. The van der Waals surface area contributed by atoms with Crippen LogP contribution < -0.4 is 0 Å². The van der Waals surface area contributed by atoms with Gasteiger partial charge in [-0.15, -0.1) is 0 Å². The third-order valence-corrected chi connectivity index (χ3v) is 12.9. The van der Waals surface area contributed by atoms with Crippen molar-refractivity contribution in [3.05, 3.63) is 59.8 Å². The van der Waals surface area contributed by atoms with E-state index in [-0.39, 0.29) is 50.5 Å². The quantitative estimate of drug-likeness (QED) is 0.0753. The smallest absolute Gasteiger partial charge is 0.331 e. The number of cyclic esters (lactones) is 1. The van der Waals surface area contributed by atoms with Gasteiger partial charge in [-0.25, -0.2) is 14.4 Å². The van der Waals surface area contributed by atoms with E-state index in [0.29, 0.717) is 5.57 Å². The number of fused-ring (bicyclic) bond motifs is 6. The lowest BCUT2D eigenvalue weighted by Gasteiger charge is -2.54. The van der Waals surface area contributed by atoms with Crippen molar-refractivity contribution in [2.75, 3.05) is 14.2 Å². The van der Waals surface area contributed by atoms with Gasteiger partial charge in [0, 0.05) is 49.3 Å². The van der Waals surface area contributed by atoms with E-state index in [0.717, 1.165) is 26.0 Å². The number of hydrogen-bond acceptors (Lipinski definition) is 17. The topological polar surface area (TPSA) is 240 Å². The molecule has 17 nitrogen and oxygen atoms in total. The van der Waals surface area contributed by atoms with Gasteiger partial charge in [0.15, 0.2) is 11.9 Å². The number of aliphatic hydroxyl groups is 4. The molecular weight excluding hydrogens is 873 g/mol. The molecular formula is C50H74O17. The highest BCUT2D eigenvalue weighted by Crippen LogP contribution is 2.50. The van der Waals surface area contributed by atoms with Crippen LogP contribution >= 0.6 is 0 Å². The van der Waals surface area contributed by atoms with Gasteiger partial charge in [-0.1, -0.05) is 77.0 Å². The van der Waals surface area contributed by atoms with Crippen molar-refractivity contribution < 1.29 is 82.3 Å². The minimum atomic E-state index is -2.47. The van der Waals surface area contributed by atoms with Crippen LogP contribution in [0.2, 0.25) is 0 Å². The van der Waals surface area contributed by atoms with Crippen molar-refractivity contribution in [2.45, 2.75) is 193 Å². The van der Waals surface area contributed by atoms with Gasteiger partial charge in [0.25, 0.3) is 0 Å². The second kappa shape index (κ2) is 22.9. The van der Waals surface area contributed by atoms with Crippen LogP contribution in [0.5, 0.6) is 0 Å². The Balaban J connectivity index is 1.90. The van der Waals surface area contributed by atoms with E-state index in [9.17, 15) is 44.4 Å². The van der Waals surface area contributed by atoms with Gasteiger partial charge in [0.1, 0.15) is 12.2 Å². The van der Waals surface area contributed by atoms with Crippen LogP contribution in [-0.4, -0.2) is 131 Å². The highest BCUT2D eigenvalue weighted by atomic mass is 16.7. The molecule has 17 heteroatoms. The zero-order chi connectivity index (χ0) is 50.1. The molecule has 0 aromatic rings. The number of unbranched alkanes of at least 4 members (excludes halogenated alkanes) is 1. The van der Waals surface area contributed by atoms with E-state index < -0.39 is 119 Å². The summed E-state index contributed by atoms with van der Waals surface area (Å²) in [4.78, 5) is 66.0. The zero-order valence-electron chi connectivity index (χ0n) is 41.0. The number of ether oxygens (including phenoxy) is 8. The summed E-state index contributed by atoms with van der Waals surface area (Å²) in [6.45, 7) is 15.1. The van der Waals surface area contributed by atoms with Crippen molar-refractivity contribution in [3.8, 4) is 0 Å². The molecule has 376 valence electrons. The maximum atomic E-state index is 13.6. The summed E-state index contributed by atoms with van der Waals surface area (Å²) in [5, 5.41) is 48.0. The third kappa shape index (κ3) is 14.4. The predicted molar refractivity (Wildman–Crippen MR) is 242 cm³/mol. The summed E-state index contributed by atoms with van der Waals surface area (Å²) in [5.74, 6) is -8.27. The molecule has 67 heavy (non-hydrogen) atoms. The van der Waals surface area contributed by atoms with Crippen LogP contribution in [0.15, 0.2) is 59.8 Å². The summed E-state index contributed by atoms with van der Waals surface area (Å²) in [6.07, 6.45) is 2.42. The highest BCUT2D eigenvalue weighted by molar-refractivity contribution is 5.85. The first kappa shape index (κ1) is 55.4. The maximum absolute atomic E-state index is 13.6. The fraction of sp³-hybridized carbons (Fsp3) is 0.700. The summed E-state index contributed by atoms with van der Waals surface area (Å²) >= 11 is 0. The van der Waals surface area contributed by atoms with Crippen molar-refractivity contribution in [1.82, 2.24) is 0 Å². The van der Waals surface area contributed by atoms with Gasteiger partial charge in [-0.05, 0) is 59.0 Å². The molecule has 0 aromatic heterocycles. The molecule has 4 aliphatic rings. The van der Waals surface area contributed by atoms with E-state index in [1.165, 1.54) is 32.3 Å². The highest BCUT2D eigenvalue weighted by Gasteiger charge is 2.60. The average Bonchev–Trinajstić information content (AvgIpc) is 3.21. The van der Waals surface area contributed by atoms with Crippen LogP contribution in [0.25, 0.3) is 0 Å². The van der Waals surface area contributed by atoms with Crippen LogP contribution in [0, 0.1) is 16.2 Å². The number of allylic oxidation sites excluding steroid dienone is 3. The predicted octanol–water partition coefficient (Wildman–Crippen LogP) is 5.31. The number of carbonyl (C=O) groups excluding carboxylic acids is 5. The van der Waals surface area contributed by atoms with E-state index in [1.807, 2.05) is 13.0 Å². The largest absolute Gasteiger partial charge is 0.466 e. The molecule has 0 aliphatic carbocycles. The lowest BCUT2D eigenvalue weighted by Crippen LogP contribution is -2.62. The second-order valence-electron chi connectivity index (χ2n) is 20.3. The molecule has 6 bridgehead atoms. The molecule has 4 rings (SSSR count). The SMILES string of the molecule is CCC/C=C/C=C/C(=O)O[C@H]1/C(=C/C(=O)OC)C[C@H]2C[C@H]([C@@H](C)O)OC(=O)C[C@H](O)C[C@@H]3C[C@H](OC(=O)C(C)(C)C)C(C)(C)[C@](O)(C[C@@H]4C/C(=C/C(=O)OC)C[C@H](/C=C/C(C)(C)[C@]1(O)O2)O4)O3. The first-order valence-electron chi connectivity index (χ1n) is 23.2. The van der Waals surface area contributed by atoms with Gasteiger partial charge in [-0.2, -0.15) is 0 Å². The summed E-state index contributed by atoms with van der Waals surface area (Å²) in [6, 6.07) is 0. The molecule has 0 amide bonds. The van der Waals surface area contributed by atoms with Gasteiger partial charge >= 0.3 is 29.8 Å². The molecule has 4 heterocycles.